The predicted molar refractivity (Wildman–Crippen MR) is 63.4 cm³/mol. The van der Waals surface area contributed by atoms with Gasteiger partial charge in [-0.25, -0.2) is 14.8 Å². The van der Waals surface area contributed by atoms with Crippen molar-refractivity contribution in [3.05, 3.63) is 35.2 Å². The van der Waals surface area contributed by atoms with E-state index < -0.39 is 5.97 Å². The number of benzene rings is 1. The van der Waals surface area contributed by atoms with E-state index in [-0.39, 0.29) is 0 Å². The Bertz CT molecular complexity index is 644. The molecule has 0 aliphatic carbocycles. The second kappa shape index (κ2) is 4.81. The third-order valence-corrected chi connectivity index (χ3v) is 2.38. The van der Waals surface area contributed by atoms with E-state index in [9.17, 15) is 4.79 Å². The number of esters is 1. The zero-order valence-corrected chi connectivity index (χ0v) is 9.65. The van der Waals surface area contributed by atoms with Crippen molar-refractivity contribution in [3.8, 4) is 11.8 Å². The van der Waals surface area contributed by atoms with Crippen molar-refractivity contribution in [2.75, 3.05) is 7.11 Å². The number of methoxy groups -OCH3 is 1. The van der Waals surface area contributed by atoms with Gasteiger partial charge in [0.2, 0.25) is 0 Å². The Labute approximate surface area is 103 Å². The van der Waals surface area contributed by atoms with Crippen molar-refractivity contribution in [2.24, 2.45) is 0 Å². The SMILES string of the molecule is COC(=O)C#Cc1ccc2c(Cl)ncnc2c1. The van der Waals surface area contributed by atoms with E-state index in [0.717, 1.165) is 5.39 Å². The minimum Gasteiger partial charge on any atom is -0.459 e. The number of rotatable bonds is 0. The summed E-state index contributed by atoms with van der Waals surface area (Å²) >= 11 is 5.90. The van der Waals surface area contributed by atoms with Gasteiger partial charge in [0.25, 0.3) is 0 Å². The van der Waals surface area contributed by atoms with Gasteiger partial charge in [-0.2, -0.15) is 0 Å². The zero-order chi connectivity index (χ0) is 12.3. The van der Waals surface area contributed by atoms with Crippen LogP contribution >= 0.6 is 11.6 Å². The molecular weight excluding hydrogens is 240 g/mol. The number of nitrogens with zero attached hydrogens (tertiary/aromatic N) is 2. The molecule has 0 spiro atoms. The first-order valence-corrected chi connectivity index (χ1v) is 5.09. The summed E-state index contributed by atoms with van der Waals surface area (Å²) in [5.74, 6) is 4.44. The van der Waals surface area contributed by atoms with Crippen LogP contribution in [0.2, 0.25) is 5.15 Å². The number of hydrogen-bond donors (Lipinski definition) is 0. The second-order valence-electron chi connectivity index (χ2n) is 3.14. The first-order valence-electron chi connectivity index (χ1n) is 4.71. The number of aromatic nitrogens is 2. The number of ether oxygens (including phenoxy) is 1. The standard InChI is InChI=1S/C12H7ClN2O2/c1-17-11(16)5-3-8-2-4-9-10(6-8)14-7-15-12(9)13/h2,4,6-7H,1H3. The van der Waals surface area contributed by atoms with Crippen LogP contribution in [-0.4, -0.2) is 23.0 Å². The number of fused-ring (bicyclic) bond motifs is 1. The molecule has 1 aromatic heterocycles. The molecule has 0 saturated carbocycles. The molecule has 2 aromatic rings. The molecule has 0 saturated heterocycles. The molecule has 17 heavy (non-hydrogen) atoms. The van der Waals surface area contributed by atoms with Gasteiger partial charge in [-0.3, -0.25) is 0 Å². The van der Waals surface area contributed by atoms with Gasteiger partial charge in [0.05, 0.1) is 12.6 Å². The van der Waals surface area contributed by atoms with Crippen LogP contribution in [0.15, 0.2) is 24.5 Å². The first-order chi connectivity index (χ1) is 8.20. The monoisotopic (exact) mass is 246 g/mol. The van der Waals surface area contributed by atoms with Crippen molar-refractivity contribution < 1.29 is 9.53 Å². The molecule has 0 aliphatic heterocycles. The Morgan fingerprint density at radius 3 is 3.00 bits per heavy atom. The summed E-state index contributed by atoms with van der Waals surface area (Å²) in [6.45, 7) is 0. The topological polar surface area (TPSA) is 52.1 Å². The summed E-state index contributed by atoms with van der Waals surface area (Å²) in [6.07, 6.45) is 1.38. The highest BCUT2D eigenvalue weighted by atomic mass is 35.5. The quantitative estimate of drug-likeness (QED) is 0.404. The van der Waals surface area contributed by atoms with Gasteiger partial charge in [-0.05, 0) is 18.2 Å². The average molecular weight is 247 g/mol. The van der Waals surface area contributed by atoms with Crippen molar-refractivity contribution in [1.82, 2.24) is 9.97 Å². The third-order valence-electron chi connectivity index (χ3n) is 2.08. The maximum absolute atomic E-state index is 10.9. The van der Waals surface area contributed by atoms with Gasteiger partial charge in [-0.1, -0.05) is 17.5 Å². The first kappa shape index (κ1) is 11.4. The van der Waals surface area contributed by atoms with Crippen LogP contribution in [-0.2, 0) is 9.53 Å². The molecule has 4 nitrogen and oxygen atoms in total. The third kappa shape index (κ3) is 2.52. The number of hydrogen-bond acceptors (Lipinski definition) is 4. The molecule has 0 bridgehead atoms. The molecule has 0 fully saturated rings. The smallest absolute Gasteiger partial charge is 0.384 e. The van der Waals surface area contributed by atoms with Gasteiger partial charge < -0.3 is 4.74 Å². The van der Waals surface area contributed by atoms with Gasteiger partial charge >= 0.3 is 5.97 Å². The molecule has 1 aromatic carbocycles. The van der Waals surface area contributed by atoms with Crippen molar-refractivity contribution in [1.29, 1.82) is 0 Å². The highest BCUT2D eigenvalue weighted by molar-refractivity contribution is 6.34. The minimum absolute atomic E-state index is 0.391. The van der Waals surface area contributed by atoms with Gasteiger partial charge in [-0.15, -0.1) is 0 Å². The van der Waals surface area contributed by atoms with Gasteiger partial charge in [0, 0.05) is 16.9 Å². The predicted octanol–water partition coefficient (Wildman–Crippen LogP) is 1.81. The maximum Gasteiger partial charge on any atom is 0.384 e. The lowest BCUT2D eigenvalue weighted by atomic mass is 10.1. The Kier molecular flexibility index (Phi) is 3.22. The Hall–Kier alpha value is -2.12. The lowest BCUT2D eigenvalue weighted by Crippen LogP contribution is -1.94. The summed E-state index contributed by atoms with van der Waals surface area (Å²) in [7, 11) is 1.28. The van der Waals surface area contributed by atoms with E-state index in [2.05, 4.69) is 26.5 Å². The van der Waals surface area contributed by atoms with E-state index in [1.54, 1.807) is 18.2 Å². The van der Waals surface area contributed by atoms with E-state index in [0.29, 0.717) is 16.2 Å². The average Bonchev–Trinajstić information content (AvgIpc) is 2.36. The molecule has 5 heteroatoms. The molecular formula is C12H7ClN2O2. The van der Waals surface area contributed by atoms with Crippen LogP contribution in [0.25, 0.3) is 10.9 Å². The van der Waals surface area contributed by atoms with Crippen molar-refractivity contribution in [3.63, 3.8) is 0 Å². The van der Waals surface area contributed by atoms with Gasteiger partial charge in [0.1, 0.15) is 11.5 Å². The zero-order valence-electron chi connectivity index (χ0n) is 8.90. The fourth-order valence-corrected chi connectivity index (χ4v) is 1.48. The van der Waals surface area contributed by atoms with Crippen LogP contribution in [0.4, 0.5) is 0 Å². The van der Waals surface area contributed by atoms with E-state index in [4.69, 9.17) is 11.6 Å². The maximum atomic E-state index is 10.9. The lowest BCUT2D eigenvalue weighted by molar-refractivity contribution is -0.133. The Balaban J connectivity index is 2.44. The molecule has 0 atom stereocenters. The fraction of sp³-hybridized carbons (Fsp3) is 0.0833. The fourth-order valence-electron chi connectivity index (χ4n) is 1.28. The molecule has 2 rings (SSSR count). The van der Waals surface area contributed by atoms with Crippen LogP contribution in [0.3, 0.4) is 0 Å². The van der Waals surface area contributed by atoms with E-state index in [1.807, 2.05) is 0 Å². The van der Waals surface area contributed by atoms with Crippen LogP contribution in [0, 0.1) is 11.8 Å². The molecule has 0 radical (unpaired) electrons. The van der Waals surface area contributed by atoms with Crippen LogP contribution in [0.5, 0.6) is 0 Å². The van der Waals surface area contributed by atoms with Crippen molar-refractivity contribution >= 4 is 28.5 Å². The summed E-state index contributed by atoms with van der Waals surface area (Å²) in [4.78, 5) is 18.8. The summed E-state index contributed by atoms with van der Waals surface area (Å²) in [5, 5.41) is 1.14. The normalized spacial score (nSPS) is 9.53. The van der Waals surface area contributed by atoms with E-state index >= 15 is 0 Å². The lowest BCUT2D eigenvalue weighted by Gasteiger charge is -1.98. The summed E-state index contributed by atoms with van der Waals surface area (Å²) in [5.41, 5.74) is 1.35. The van der Waals surface area contributed by atoms with Crippen LogP contribution < -0.4 is 0 Å². The van der Waals surface area contributed by atoms with Gasteiger partial charge in [0.15, 0.2) is 0 Å². The number of halogens is 1. The number of carbonyl (C=O) groups is 1. The largest absolute Gasteiger partial charge is 0.459 e. The molecule has 0 amide bonds. The summed E-state index contributed by atoms with van der Waals surface area (Å²) < 4.78 is 4.42. The van der Waals surface area contributed by atoms with Crippen molar-refractivity contribution in [2.45, 2.75) is 0 Å². The van der Waals surface area contributed by atoms with E-state index in [1.165, 1.54) is 13.4 Å². The highest BCUT2D eigenvalue weighted by Crippen LogP contribution is 2.19. The molecule has 1 heterocycles. The molecule has 0 aliphatic rings. The molecule has 84 valence electrons. The Morgan fingerprint density at radius 1 is 1.41 bits per heavy atom. The highest BCUT2D eigenvalue weighted by Gasteiger charge is 2.01. The van der Waals surface area contributed by atoms with Crippen LogP contribution in [0.1, 0.15) is 5.56 Å². The summed E-state index contributed by atoms with van der Waals surface area (Å²) in [6, 6.07) is 5.24. The number of carbonyl (C=O) groups excluding carboxylic acids is 1. The minimum atomic E-state index is -0.578. The Morgan fingerprint density at radius 2 is 2.24 bits per heavy atom. The molecule has 0 N–H and O–H groups in total. The second-order valence-corrected chi connectivity index (χ2v) is 3.50. The molecule has 0 unspecified atom stereocenters.